The molecule has 3 rings (SSSR count). The maximum Gasteiger partial charge on any atom is 0.490 e. The van der Waals surface area contributed by atoms with Crippen LogP contribution in [0.25, 0.3) is 0 Å². The van der Waals surface area contributed by atoms with Crippen molar-refractivity contribution in [3.8, 4) is 0 Å². The molecule has 0 aliphatic carbocycles. The Bertz CT molecular complexity index is 584. The molecule has 0 radical (unpaired) electrons. The number of pyridine rings is 1. The van der Waals surface area contributed by atoms with Crippen molar-refractivity contribution < 1.29 is 10.0 Å². The van der Waals surface area contributed by atoms with Crippen LogP contribution in [0.2, 0.25) is 0 Å². The van der Waals surface area contributed by atoms with E-state index in [4.69, 9.17) is 10.0 Å². The van der Waals surface area contributed by atoms with Crippen LogP contribution in [0.1, 0.15) is 5.56 Å². The van der Waals surface area contributed by atoms with Crippen LogP contribution in [-0.4, -0.2) is 53.2 Å². The molecule has 0 saturated carbocycles. The van der Waals surface area contributed by atoms with E-state index >= 15 is 0 Å². The summed E-state index contributed by atoms with van der Waals surface area (Å²) in [4.78, 5) is 8.99. The highest BCUT2D eigenvalue weighted by atomic mass is 16.4. The van der Waals surface area contributed by atoms with Crippen LogP contribution in [0.15, 0.2) is 48.7 Å². The van der Waals surface area contributed by atoms with Crippen molar-refractivity contribution in [1.29, 1.82) is 0 Å². The number of anilines is 1. The van der Waals surface area contributed by atoms with Crippen LogP contribution in [0, 0.1) is 0 Å². The van der Waals surface area contributed by atoms with Gasteiger partial charge in [-0.2, -0.15) is 0 Å². The van der Waals surface area contributed by atoms with Gasteiger partial charge in [0.05, 0.1) is 0 Å². The largest absolute Gasteiger partial charge is 0.490 e. The zero-order chi connectivity index (χ0) is 15.4. The fourth-order valence-corrected chi connectivity index (χ4v) is 2.71. The highest BCUT2D eigenvalue weighted by molar-refractivity contribution is 6.58. The summed E-state index contributed by atoms with van der Waals surface area (Å²) in [7, 11) is -1.45. The second-order valence-electron chi connectivity index (χ2n) is 5.57. The Morgan fingerprint density at radius 2 is 1.68 bits per heavy atom. The Morgan fingerprint density at radius 3 is 2.27 bits per heavy atom. The standard InChI is InChI=1S/C16H20BN3O2/c21-17(22)15-6-7-16(18-12-15)20-10-8-19(9-11-20)13-14-4-2-1-3-5-14/h1-7,12,21-22H,8-11,13H2. The predicted molar refractivity (Wildman–Crippen MR) is 88.0 cm³/mol. The quantitative estimate of drug-likeness (QED) is 0.783. The van der Waals surface area contributed by atoms with Gasteiger partial charge in [-0.3, -0.25) is 4.90 Å². The fraction of sp³-hybridized carbons (Fsp3) is 0.312. The van der Waals surface area contributed by atoms with Crippen molar-refractivity contribution >= 4 is 18.4 Å². The van der Waals surface area contributed by atoms with Gasteiger partial charge >= 0.3 is 7.12 Å². The first-order valence-corrected chi connectivity index (χ1v) is 7.56. The van der Waals surface area contributed by atoms with E-state index in [1.807, 2.05) is 12.1 Å². The summed E-state index contributed by atoms with van der Waals surface area (Å²) in [5.74, 6) is 0.892. The highest BCUT2D eigenvalue weighted by Gasteiger charge is 2.19. The van der Waals surface area contributed by atoms with Crippen LogP contribution in [-0.2, 0) is 6.54 Å². The Balaban J connectivity index is 1.55. The zero-order valence-corrected chi connectivity index (χ0v) is 12.5. The summed E-state index contributed by atoms with van der Waals surface area (Å²) in [6.07, 6.45) is 1.52. The van der Waals surface area contributed by atoms with Crippen molar-refractivity contribution in [2.24, 2.45) is 0 Å². The Labute approximate surface area is 131 Å². The Kier molecular flexibility index (Phi) is 4.72. The number of benzene rings is 1. The third kappa shape index (κ3) is 3.65. The summed E-state index contributed by atoms with van der Waals surface area (Å²) < 4.78 is 0. The van der Waals surface area contributed by atoms with Crippen molar-refractivity contribution in [2.45, 2.75) is 6.54 Å². The van der Waals surface area contributed by atoms with Gasteiger partial charge in [-0.15, -0.1) is 0 Å². The zero-order valence-electron chi connectivity index (χ0n) is 12.5. The van der Waals surface area contributed by atoms with E-state index in [0.29, 0.717) is 5.46 Å². The average molecular weight is 297 g/mol. The van der Waals surface area contributed by atoms with Crippen LogP contribution in [0.3, 0.4) is 0 Å². The summed E-state index contributed by atoms with van der Waals surface area (Å²) in [5.41, 5.74) is 1.77. The van der Waals surface area contributed by atoms with Gasteiger partial charge in [0.1, 0.15) is 5.82 Å². The SMILES string of the molecule is OB(O)c1ccc(N2CCN(Cc3ccccc3)CC2)nc1. The Hall–Kier alpha value is -1.89. The molecule has 0 amide bonds. The number of piperazine rings is 1. The molecule has 22 heavy (non-hydrogen) atoms. The molecule has 0 atom stereocenters. The van der Waals surface area contributed by atoms with Gasteiger partial charge in [0, 0.05) is 44.4 Å². The normalized spacial score (nSPS) is 15.8. The lowest BCUT2D eigenvalue weighted by atomic mass is 9.82. The van der Waals surface area contributed by atoms with Crippen LogP contribution in [0.4, 0.5) is 5.82 Å². The minimum atomic E-state index is -1.45. The molecule has 0 bridgehead atoms. The number of nitrogens with zero attached hydrogens (tertiary/aromatic N) is 3. The molecule has 2 aromatic rings. The number of aromatic nitrogens is 1. The average Bonchev–Trinajstić information content (AvgIpc) is 2.57. The molecule has 1 aromatic carbocycles. The van der Waals surface area contributed by atoms with Crippen molar-refractivity contribution in [3.05, 3.63) is 54.2 Å². The smallest absolute Gasteiger partial charge is 0.423 e. The molecule has 0 unspecified atom stereocenters. The molecule has 6 heteroatoms. The van der Waals surface area contributed by atoms with Crippen LogP contribution in [0.5, 0.6) is 0 Å². The van der Waals surface area contributed by atoms with E-state index < -0.39 is 7.12 Å². The first kappa shape index (κ1) is 15.0. The van der Waals surface area contributed by atoms with Gasteiger partial charge in [-0.1, -0.05) is 36.4 Å². The third-order valence-electron chi connectivity index (χ3n) is 4.01. The predicted octanol–water partition coefficient (Wildman–Crippen LogP) is 0.0836. The maximum atomic E-state index is 9.10. The molecule has 2 heterocycles. The molecular weight excluding hydrogens is 277 g/mol. The molecule has 2 N–H and O–H groups in total. The molecule has 1 aliphatic heterocycles. The monoisotopic (exact) mass is 297 g/mol. The summed E-state index contributed by atoms with van der Waals surface area (Å²) >= 11 is 0. The van der Waals surface area contributed by atoms with Crippen LogP contribution >= 0.6 is 0 Å². The molecule has 114 valence electrons. The van der Waals surface area contributed by atoms with Crippen LogP contribution < -0.4 is 10.4 Å². The minimum Gasteiger partial charge on any atom is -0.423 e. The first-order chi connectivity index (χ1) is 10.7. The number of hydrogen-bond acceptors (Lipinski definition) is 5. The third-order valence-corrected chi connectivity index (χ3v) is 4.01. The van der Waals surface area contributed by atoms with Gasteiger partial charge in [-0.25, -0.2) is 4.98 Å². The van der Waals surface area contributed by atoms with Gasteiger partial charge in [-0.05, 0) is 11.6 Å². The lowest BCUT2D eigenvalue weighted by molar-refractivity contribution is 0.249. The molecule has 1 aromatic heterocycles. The molecule has 0 spiro atoms. The lowest BCUT2D eigenvalue weighted by Gasteiger charge is -2.35. The molecule has 5 nitrogen and oxygen atoms in total. The van der Waals surface area contributed by atoms with Crippen molar-refractivity contribution in [3.63, 3.8) is 0 Å². The number of hydrogen-bond donors (Lipinski definition) is 2. The number of rotatable bonds is 4. The summed E-state index contributed by atoms with van der Waals surface area (Å²) in [6, 6.07) is 14.1. The van der Waals surface area contributed by atoms with E-state index in [0.717, 1.165) is 38.5 Å². The van der Waals surface area contributed by atoms with Gasteiger partial charge in [0.25, 0.3) is 0 Å². The highest BCUT2D eigenvalue weighted by Crippen LogP contribution is 2.14. The van der Waals surface area contributed by atoms with Gasteiger partial charge in [0.2, 0.25) is 0 Å². The van der Waals surface area contributed by atoms with E-state index in [-0.39, 0.29) is 0 Å². The second-order valence-corrected chi connectivity index (χ2v) is 5.57. The van der Waals surface area contributed by atoms with Gasteiger partial charge in [0.15, 0.2) is 0 Å². The minimum absolute atomic E-state index is 0.423. The summed E-state index contributed by atoms with van der Waals surface area (Å²) in [5, 5.41) is 18.2. The first-order valence-electron chi connectivity index (χ1n) is 7.56. The Morgan fingerprint density at radius 1 is 0.955 bits per heavy atom. The van der Waals surface area contributed by atoms with E-state index in [1.54, 1.807) is 6.07 Å². The molecule has 1 fully saturated rings. The summed E-state index contributed by atoms with van der Waals surface area (Å²) in [6.45, 7) is 4.85. The van der Waals surface area contributed by atoms with Gasteiger partial charge < -0.3 is 14.9 Å². The molecular formula is C16H20BN3O2. The second kappa shape index (κ2) is 6.92. The van der Waals surface area contributed by atoms with E-state index in [2.05, 4.69) is 39.0 Å². The molecule has 1 aliphatic rings. The maximum absolute atomic E-state index is 9.10. The molecule has 1 saturated heterocycles. The van der Waals surface area contributed by atoms with Crippen molar-refractivity contribution in [1.82, 2.24) is 9.88 Å². The topological polar surface area (TPSA) is 59.8 Å². The van der Waals surface area contributed by atoms with Crippen molar-refractivity contribution in [2.75, 3.05) is 31.1 Å². The van der Waals surface area contributed by atoms with E-state index in [9.17, 15) is 0 Å². The lowest BCUT2D eigenvalue weighted by Crippen LogP contribution is -2.46. The van der Waals surface area contributed by atoms with E-state index in [1.165, 1.54) is 11.8 Å². The fourth-order valence-electron chi connectivity index (χ4n) is 2.71.